The zero-order valence-electron chi connectivity index (χ0n) is 15.9. The van der Waals surface area contributed by atoms with Crippen molar-refractivity contribution in [1.29, 1.82) is 0 Å². The van der Waals surface area contributed by atoms with Gasteiger partial charge in [0.05, 0.1) is 29.7 Å². The molecule has 4 aromatic rings. The summed E-state index contributed by atoms with van der Waals surface area (Å²) in [5.41, 5.74) is 1.61. The van der Waals surface area contributed by atoms with Crippen LogP contribution in [0.2, 0.25) is 0 Å². The lowest BCUT2D eigenvalue weighted by molar-refractivity contribution is -0.0467. The summed E-state index contributed by atoms with van der Waals surface area (Å²) in [4.78, 5) is 13.2. The molecule has 1 aromatic carbocycles. The highest BCUT2D eigenvalue weighted by atomic mass is 32.1. The number of aryl methyl sites for hydroxylation is 1. The molecule has 0 N–H and O–H groups in total. The summed E-state index contributed by atoms with van der Waals surface area (Å²) >= 11 is 1.66. The Balaban J connectivity index is 1.60. The Morgan fingerprint density at radius 3 is 2.82 bits per heavy atom. The molecular formula is C21H21N5OS. The molecule has 7 heteroatoms. The largest absolute Gasteiger partial charge is 0.367 e. The maximum atomic E-state index is 6.19. The fraction of sp³-hybridized carbons (Fsp3) is 0.286. The lowest BCUT2D eigenvalue weighted by Gasteiger charge is -2.41. The molecule has 1 aliphatic rings. The topological polar surface area (TPSA) is 56.1 Å². The fourth-order valence-corrected chi connectivity index (χ4v) is 4.39. The molecule has 1 aliphatic heterocycles. The normalized spacial score (nSPS) is 20.0. The van der Waals surface area contributed by atoms with Gasteiger partial charge in [0.1, 0.15) is 11.4 Å². The molecule has 0 saturated carbocycles. The van der Waals surface area contributed by atoms with Crippen molar-refractivity contribution < 1.29 is 4.74 Å². The van der Waals surface area contributed by atoms with Crippen LogP contribution >= 0.6 is 11.3 Å². The Labute approximate surface area is 167 Å². The van der Waals surface area contributed by atoms with E-state index in [0.29, 0.717) is 13.2 Å². The average Bonchev–Trinajstić information content (AvgIpc) is 3.39. The summed E-state index contributed by atoms with van der Waals surface area (Å²) < 4.78 is 8.01. The molecule has 1 saturated heterocycles. The molecule has 0 bridgehead atoms. The second-order valence-electron chi connectivity index (χ2n) is 7.27. The van der Waals surface area contributed by atoms with Crippen molar-refractivity contribution in [3.63, 3.8) is 0 Å². The quantitative estimate of drug-likeness (QED) is 0.531. The first-order chi connectivity index (χ1) is 13.6. The predicted octanol–water partition coefficient (Wildman–Crippen LogP) is 3.84. The molecule has 0 aliphatic carbocycles. The number of aromatic nitrogens is 4. The minimum atomic E-state index is -0.429. The first kappa shape index (κ1) is 17.3. The second-order valence-corrected chi connectivity index (χ2v) is 8.22. The molecule has 0 amide bonds. The fourth-order valence-electron chi connectivity index (χ4n) is 3.74. The van der Waals surface area contributed by atoms with E-state index in [-0.39, 0.29) is 0 Å². The Hall–Kier alpha value is -2.77. The SMILES string of the molecule is Cn1cc(C2(C)CN(c3nc(-c4cccs4)nc4ccccc34)CCO2)cn1. The van der Waals surface area contributed by atoms with Crippen molar-refractivity contribution in [2.24, 2.45) is 7.05 Å². The molecule has 28 heavy (non-hydrogen) atoms. The van der Waals surface area contributed by atoms with E-state index in [1.54, 1.807) is 11.3 Å². The van der Waals surface area contributed by atoms with Crippen molar-refractivity contribution in [1.82, 2.24) is 19.7 Å². The van der Waals surface area contributed by atoms with Gasteiger partial charge in [0, 0.05) is 30.7 Å². The number of anilines is 1. The van der Waals surface area contributed by atoms with Gasteiger partial charge < -0.3 is 9.64 Å². The number of para-hydroxylation sites is 1. The van der Waals surface area contributed by atoms with Crippen molar-refractivity contribution >= 4 is 28.1 Å². The monoisotopic (exact) mass is 391 g/mol. The van der Waals surface area contributed by atoms with E-state index >= 15 is 0 Å². The van der Waals surface area contributed by atoms with Gasteiger partial charge in [-0.05, 0) is 30.5 Å². The first-order valence-electron chi connectivity index (χ1n) is 9.31. The summed E-state index contributed by atoms with van der Waals surface area (Å²) in [6, 6.07) is 12.3. The van der Waals surface area contributed by atoms with Crippen LogP contribution in [0.1, 0.15) is 12.5 Å². The molecule has 0 radical (unpaired) electrons. The van der Waals surface area contributed by atoms with Gasteiger partial charge in [0.25, 0.3) is 0 Å². The zero-order valence-corrected chi connectivity index (χ0v) is 16.7. The van der Waals surface area contributed by atoms with Gasteiger partial charge >= 0.3 is 0 Å². The highest BCUT2D eigenvalue weighted by Gasteiger charge is 2.36. The highest BCUT2D eigenvalue weighted by molar-refractivity contribution is 7.13. The smallest absolute Gasteiger partial charge is 0.172 e. The van der Waals surface area contributed by atoms with Gasteiger partial charge in [0.15, 0.2) is 5.82 Å². The van der Waals surface area contributed by atoms with Gasteiger partial charge in [-0.25, -0.2) is 9.97 Å². The first-order valence-corrected chi connectivity index (χ1v) is 10.2. The van der Waals surface area contributed by atoms with Crippen LogP contribution in [0.3, 0.4) is 0 Å². The third-order valence-corrected chi connectivity index (χ3v) is 6.08. The van der Waals surface area contributed by atoms with Gasteiger partial charge in [0.2, 0.25) is 0 Å². The van der Waals surface area contributed by atoms with E-state index in [2.05, 4.69) is 40.5 Å². The van der Waals surface area contributed by atoms with Crippen molar-refractivity contribution in [3.05, 3.63) is 59.7 Å². The van der Waals surface area contributed by atoms with Crippen molar-refractivity contribution in [2.75, 3.05) is 24.6 Å². The molecule has 1 unspecified atom stereocenters. The van der Waals surface area contributed by atoms with E-state index in [4.69, 9.17) is 14.7 Å². The predicted molar refractivity (Wildman–Crippen MR) is 112 cm³/mol. The van der Waals surface area contributed by atoms with E-state index < -0.39 is 5.60 Å². The minimum absolute atomic E-state index is 0.429. The Morgan fingerprint density at radius 2 is 2.04 bits per heavy atom. The molecule has 4 heterocycles. The van der Waals surface area contributed by atoms with Gasteiger partial charge in [-0.1, -0.05) is 18.2 Å². The zero-order chi connectivity index (χ0) is 19.1. The van der Waals surface area contributed by atoms with Crippen LogP contribution in [0.15, 0.2) is 54.2 Å². The van der Waals surface area contributed by atoms with Crippen LogP contribution in [0.25, 0.3) is 21.6 Å². The maximum absolute atomic E-state index is 6.19. The van der Waals surface area contributed by atoms with E-state index in [9.17, 15) is 0 Å². The summed E-state index contributed by atoms with van der Waals surface area (Å²) in [6.07, 6.45) is 3.91. The summed E-state index contributed by atoms with van der Waals surface area (Å²) in [7, 11) is 1.93. The standard InChI is InChI=1S/C21H21N5OS/c1-21(15-12-22-25(2)13-15)14-26(9-10-27-21)20-16-6-3-4-7-17(16)23-19(24-20)18-8-5-11-28-18/h3-8,11-13H,9-10,14H2,1-2H3. The lowest BCUT2D eigenvalue weighted by atomic mass is 9.96. The lowest BCUT2D eigenvalue weighted by Crippen LogP contribution is -2.48. The third-order valence-electron chi connectivity index (χ3n) is 5.21. The minimum Gasteiger partial charge on any atom is -0.367 e. The Bertz CT molecular complexity index is 1120. The molecular weight excluding hydrogens is 370 g/mol. The average molecular weight is 392 g/mol. The number of hydrogen-bond donors (Lipinski definition) is 0. The number of morpholine rings is 1. The molecule has 5 rings (SSSR count). The second kappa shape index (κ2) is 6.68. The van der Waals surface area contributed by atoms with Crippen LogP contribution in [0, 0.1) is 0 Å². The van der Waals surface area contributed by atoms with Crippen LogP contribution in [-0.4, -0.2) is 39.4 Å². The van der Waals surface area contributed by atoms with Gasteiger partial charge in [-0.15, -0.1) is 11.3 Å². The number of rotatable bonds is 3. The molecule has 142 valence electrons. The van der Waals surface area contributed by atoms with E-state index in [0.717, 1.165) is 39.5 Å². The molecule has 0 spiro atoms. The van der Waals surface area contributed by atoms with Crippen molar-refractivity contribution in [3.8, 4) is 10.7 Å². The van der Waals surface area contributed by atoms with Crippen LogP contribution in [0.5, 0.6) is 0 Å². The number of nitrogens with zero attached hydrogens (tertiary/aromatic N) is 5. The van der Waals surface area contributed by atoms with Gasteiger partial charge in [-0.3, -0.25) is 4.68 Å². The van der Waals surface area contributed by atoms with Gasteiger partial charge in [-0.2, -0.15) is 5.10 Å². The summed E-state index contributed by atoms with van der Waals surface area (Å²) in [5, 5.41) is 7.45. The van der Waals surface area contributed by atoms with E-state index in [1.807, 2.05) is 42.3 Å². The molecule has 6 nitrogen and oxygen atoms in total. The molecule has 1 fully saturated rings. The summed E-state index contributed by atoms with van der Waals surface area (Å²) in [6.45, 7) is 4.27. The number of benzene rings is 1. The maximum Gasteiger partial charge on any atom is 0.172 e. The molecule has 3 aromatic heterocycles. The molecule has 1 atom stereocenters. The Morgan fingerprint density at radius 1 is 1.14 bits per heavy atom. The van der Waals surface area contributed by atoms with Crippen molar-refractivity contribution in [2.45, 2.75) is 12.5 Å². The van der Waals surface area contributed by atoms with Crippen LogP contribution in [-0.2, 0) is 17.4 Å². The number of fused-ring (bicyclic) bond motifs is 1. The number of ether oxygens (including phenoxy) is 1. The van der Waals surface area contributed by atoms with E-state index in [1.165, 1.54) is 0 Å². The number of hydrogen-bond acceptors (Lipinski definition) is 6. The summed E-state index contributed by atoms with van der Waals surface area (Å²) in [5.74, 6) is 1.74. The van der Waals surface area contributed by atoms with Crippen LogP contribution < -0.4 is 4.90 Å². The Kier molecular flexibility index (Phi) is 4.14. The third kappa shape index (κ3) is 2.96. The number of thiophene rings is 1. The van der Waals surface area contributed by atoms with Crippen LogP contribution in [0.4, 0.5) is 5.82 Å². The highest BCUT2D eigenvalue weighted by Crippen LogP contribution is 2.35.